The summed E-state index contributed by atoms with van der Waals surface area (Å²) in [6, 6.07) is 7.09. The maximum Gasteiger partial charge on any atom is 0.308 e. The van der Waals surface area contributed by atoms with Gasteiger partial charge in [0.2, 0.25) is 11.8 Å². The lowest BCUT2D eigenvalue weighted by Gasteiger charge is -2.16. The summed E-state index contributed by atoms with van der Waals surface area (Å²) >= 11 is 5.90. The number of amides is 2. The quantitative estimate of drug-likeness (QED) is 0.725. The zero-order valence-electron chi connectivity index (χ0n) is 14.9. The van der Waals surface area contributed by atoms with E-state index in [9.17, 15) is 19.5 Å². The summed E-state index contributed by atoms with van der Waals surface area (Å²) in [7, 11) is 0. The van der Waals surface area contributed by atoms with Crippen LogP contribution in [0, 0.1) is 5.92 Å². The molecule has 2 rings (SSSR count). The fourth-order valence-corrected chi connectivity index (χ4v) is 3.34. The van der Waals surface area contributed by atoms with Gasteiger partial charge in [0.1, 0.15) is 0 Å². The zero-order chi connectivity index (χ0) is 19.1. The lowest BCUT2D eigenvalue weighted by Crippen LogP contribution is -2.30. The first-order valence-electron chi connectivity index (χ1n) is 8.95. The van der Waals surface area contributed by atoms with Crippen molar-refractivity contribution in [3.05, 3.63) is 34.9 Å². The Morgan fingerprint density at radius 1 is 1.19 bits per heavy atom. The van der Waals surface area contributed by atoms with Gasteiger partial charge in [-0.3, -0.25) is 14.4 Å². The molecule has 1 aromatic rings. The molecule has 26 heavy (non-hydrogen) atoms. The standard InChI is InChI=1S/C19H25ClN2O4/c1-2-10-21-17(23)4-3-5-18(24)22-11-15(16(12-22)19(25)26)13-6-8-14(20)9-7-13/h6-9,15-16H,2-5,10-12H2,1H3,(H,21,23)(H,25,26)/t15-,16+/m0/s1. The molecule has 0 aromatic heterocycles. The number of hydrogen-bond acceptors (Lipinski definition) is 3. The second-order valence-corrected chi connectivity index (χ2v) is 7.04. The largest absolute Gasteiger partial charge is 0.481 e. The van der Waals surface area contributed by atoms with Crippen molar-refractivity contribution >= 4 is 29.4 Å². The topological polar surface area (TPSA) is 86.7 Å². The van der Waals surface area contributed by atoms with Gasteiger partial charge in [0.05, 0.1) is 5.92 Å². The smallest absolute Gasteiger partial charge is 0.308 e. The maximum atomic E-state index is 12.4. The summed E-state index contributed by atoms with van der Waals surface area (Å²) in [6.45, 7) is 3.19. The maximum absolute atomic E-state index is 12.4. The highest BCUT2D eigenvalue weighted by Crippen LogP contribution is 2.34. The van der Waals surface area contributed by atoms with Crippen LogP contribution in [0.3, 0.4) is 0 Å². The molecule has 0 aliphatic carbocycles. The first-order valence-corrected chi connectivity index (χ1v) is 9.33. The number of likely N-dealkylation sites (tertiary alicyclic amines) is 1. The van der Waals surface area contributed by atoms with Crippen LogP contribution in [0.5, 0.6) is 0 Å². The Balaban J connectivity index is 1.92. The number of carboxylic acid groups (broad SMARTS) is 1. The third-order valence-corrected chi connectivity index (χ3v) is 4.91. The van der Waals surface area contributed by atoms with E-state index < -0.39 is 11.9 Å². The van der Waals surface area contributed by atoms with Crippen molar-refractivity contribution in [2.24, 2.45) is 5.92 Å². The van der Waals surface area contributed by atoms with Gasteiger partial charge in [0, 0.05) is 43.4 Å². The molecule has 6 nitrogen and oxygen atoms in total. The van der Waals surface area contributed by atoms with E-state index in [0.29, 0.717) is 31.0 Å². The second kappa shape index (κ2) is 9.57. The third-order valence-electron chi connectivity index (χ3n) is 4.65. The second-order valence-electron chi connectivity index (χ2n) is 6.61. The highest BCUT2D eigenvalue weighted by molar-refractivity contribution is 6.30. The molecule has 7 heteroatoms. The molecule has 2 amide bonds. The molecule has 1 fully saturated rings. The van der Waals surface area contributed by atoms with Crippen LogP contribution in [-0.2, 0) is 14.4 Å². The summed E-state index contributed by atoms with van der Waals surface area (Å²) < 4.78 is 0. The van der Waals surface area contributed by atoms with Crippen LogP contribution in [0.4, 0.5) is 0 Å². The first kappa shape index (κ1) is 20.2. The minimum atomic E-state index is -0.904. The van der Waals surface area contributed by atoms with Crippen LogP contribution in [-0.4, -0.2) is 47.4 Å². The van der Waals surface area contributed by atoms with Crippen molar-refractivity contribution in [3.63, 3.8) is 0 Å². The van der Waals surface area contributed by atoms with Gasteiger partial charge in [-0.15, -0.1) is 0 Å². The van der Waals surface area contributed by atoms with E-state index in [1.807, 2.05) is 19.1 Å². The Kier molecular flexibility index (Phi) is 7.45. The van der Waals surface area contributed by atoms with Gasteiger partial charge in [0.15, 0.2) is 0 Å². The minimum Gasteiger partial charge on any atom is -0.481 e. The van der Waals surface area contributed by atoms with E-state index in [4.69, 9.17) is 11.6 Å². The summed E-state index contributed by atoms with van der Waals surface area (Å²) in [5, 5.41) is 12.9. The summed E-state index contributed by atoms with van der Waals surface area (Å²) in [5.74, 6) is -1.94. The number of hydrogen-bond donors (Lipinski definition) is 2. The van der Waals surface area contributed by atoms with Crippen LogP contribution in [0.15, 0.2) is 24.3 Å². The molecule has 1 saturated heterocycles. The van der Waals surface area contributed by atoms with E-state index in [0.717, 1.165) is 12.0 Å². The number of carbonyl (C=O) groups is 3. The van der Waals surface area contributed by atoms with Gasteiger partial charge >= 0.3 is 5.97 Å². The monoisotopic (exact) mass is 380 g/mol. The van der Waals surface area contributed by atoms with Crippen LogP contribution >= 0.6 is 11.6 Å². The van der Waals surface area contributed by atoms with Crippen molar-refractivity contribution in [2.45, 2.75) is 38.5 Å². The molecule has 1 aliphatic heterocycles. The van der Waals surface area contributed by atoms with Crippen LogP contribution < -0.4 is 5.32 Å². The predicted octanol–water partition coefficient (Wildman–Crippen LogP) is 2.66. The Bertz CT molecular complexity index is 647. The normalized spacial score (nSPS) is 19.4. The zero-order valence-corrected chi connectivity index (χ0v) is 15.7. The number of halogens is 1. The van der Waals surface area contributed by atoms with Crippen molar-refractivity contribution in [3.8, 4) is 0 Å². The van der Waals surface area contributed by atoms with E-state index in [2.05, 4.69) is 5.32 Å². The fourth-order valence-electron chi connectivity index (χ4n) is 3.22. The molecular formula is C19H25ClN2O4. The number of rotatable bonds is 8. The molecule has 0 spiro atoms. The number of benzene rings is 1. The molecule has 1 heterocycles. The van der Waals surface area contributed by atoms with Gasteiger partial charge in [0.25, 0.3) is 0 Å². The van der Waals surface area contributed by atoms with E-state index in [1.165, 1.54) is 0 Å². The summed E-state index contributed by atoms with van der Waals surface area (Å²) in [6.07, 6.45) is 1.90. The van der Waals surface area contributed by atoms with Crippen molar-refractivity contribution in [2.75, 3.05) is 19.6 Å². The molecule has 142 valence electrons. The Morgan fingerprint density at radius 3 is 2.50 bits per heavy atom. The van der Waals surface area contributed by atoms with Crippen molar-refractivity contribution in [1.82, 2.24) is 10.2 Å². The lowest BCUT2D eigenvalue weighted by molar-refractivity contribution is -0.141. The number of nitrogens with one attached hydrogen (secondary N) is 1. The lowest BCUT2D eigenvalue weighted by atomic mass is 9.89. The molecule has 0 bridgehead atoms. The van der Waals surface area contributed by atoms with E-state index in [1.54, 1.807) is 17.0 Å². The van der Waals surface area contributed by atoms with E-state index >= 15 is 0 Å². The molecule has 0 radical (unpaired) electrons. The molecule has 2 atom stereocenters. The molecule has 1 aliphatic rings. The number of carbonyl (C=O) groups excluding carboxylic acids is 2. The van der Waals surface area contributed by atoms with Gasteiger partial charge in [-0.1, -0.05) is 30.7 Å². The summed E-state index contributed by atoms with van der Waals surface area (Å²) in [5.41, 5.74) is 0.871. The molecule has 0 saturated carbocycles. The molecule has 0 unspecified atom stereocenters. The number of carboxylic acids is 1. The number of nitrogens with zero attached hydrogens (tertiary/aromatic N) is 1. The van der Waals surface area contributed by atoms with E-state index in [-0.39, 0.29) is 30.7 Å². The van der Waals surface area contributed by atoms with Gasteiger partial charge in [-0.25, -0.2) is 0 Å². The van der Waals surface area contributed by atoms with Crippen LogP contribution in [0.2, 0.25) is 5.02 Å². The van der Waals surface area contributed by atoms with Gasteiger partial charge in [-0.05, 0) is 30.5 Å². The first-order chi connectivity index (χ1) is 12.4. The van der Waals surface area contributed by atoms with Crippen molar-refractivity contribution in [1.29, 1.82) is 0 Å². The Labute approximate surface area is 158 Å². The highest BCUT2D eigenvalue weighted by Gasteiger charge is 2.40. The highest BCUT2D eigenvalue weighted by atomic mass is 35.5. The molecular weight excluding hydrogens is 356 g/mol. The average molecular weight is 381 g/mol. The minimum absolute atomic E-state index is 0.0523. The molecule has 1 aromatic carbocycles. The van der Waals surface area contributed by atoms with Crippen LogP contribution in [0.25, 0.3) is 0 Å². The molecule has 2 N–H and O–H groups in total. The summed E-state index contributed by atoms with van der Waals surface area (Å²) in [4.78, 5) is 37.2. The Morgan fingerprint density at radius 2 is 1.88 bits per heavy atom. The number of aliphatic carboxylic acids is 1. The fraction of sp³-hybridized carbons (Fsp3) is 0.526. The van der Waals surface area contributed by atoms with Crippen LogP contribution in [0.1, 0.15) is 44.1 Å². The average Bonchev–Trinajstić information content (AvgIpc) is 3.06. The SMILES string of the molecule is CCCNC(=O)CCCC(=O)N1C[C@@H](C(=O)O)[C@H](c2ccc(Cl)cc2)C1. The third kappa shape index (κ3) is 5.46. The van der Waals surface area contributed by atoms with Gasteiger partial charge < -0.3 is 15.3 Å². The Hall–Kier alpha value is -2.08. The van der Waals surface area contributed by atoms with Gasteiger partial charge in [-0.2, -0.15) is 0 Å². The predicted molar refractivity (Wildman–Crippen MR) is 99.1 cm³/mol. The van der Waals surface area contributed by atoms with Crippen molar-refractivity contribution < 1.29 is 19.5 Å².